The van der Waals surface area contributed by atoms with E-state index in [2.05, 4.69) is 4.99 Å². The molecule has 0 atom stereocenters. The second-order valence-corrected chi connectivity index (χ2v) is 5.88. The summed E-state index contributed by atoms with van der Waals surface area (Å²) in [7, 11) is 0. The fourth-order valence-electron chi connectivity index (χ4n) is 2.86. The van der Waals surface area contributed by atoms with E-state index in [1.807, 2.05) is 9.80 Å². The van der Waals surface area contributed by atoms with Crippen LogP contribution in [0.25, 0.3) is 0 Å². The summed E-state index contributed by atoms with van der Waals surface area (Å²) in [6, 6.07) is 9.94. The van der Waals surface area contributed by atoms with Crippen molar-refractivity contribution in [3.05, 3.63) is 65.5 Å². The van der Waals surface area contributed by atoms with Crippen LogP contribution in [0.15, 0.2) is 47.5 Å². The second kappa shape index (κ2) is 9.11. The number of piperazine rings is 1. The molecule has 8 heteroatoms. The van der Waals surface area contributed by atoms with Gasteiger partial charge in [-0.3, -0.25) is 0 Å². The Kier molecular flexibility index (Phi) is 7.13. The summed E-state index contributed by atoms with van der Waals surface area (Å²) >= 11 is 0. The Morgan fingerprint density at radius 2 is 1.58 bits per heavy atom. The lowest BCUT2D eigenvalue weighted by atomic mass is 10.2. The Balaban J connectivity index is 0.00000243. The summed E-state index contributed by atoms with van der Waals surface area (Å²) in [5.74, 6) is -1.20. The van der Waals surface area contributed by atoms with Crippen LogP contribution < -0.4 is 10.6 Å². The number of guanidine groups is 1. The SMILES string of the molecule is I.NC(=NCc1cc(F)cc(F)c1)N1CCN(c2ccccc2F)CC1. The van der Waals surface area contributed by atoms with Gasteiger partial charge in [0.2, 0.25) is 0 Å². The number of nitrogens with zero attached hydrogens (tertiary/aromatic N) is 3. The Bertz CT molecular complexity index is 757. The predicted molar refractivity (Wildman–Crippen MR) is 107 cm³/mol. The van der Waals surface area contributed by atoms with Crippen molar-refractivity contribution in [2.45, 2.75) is 6.54 Å². The lowest BCUT2D eigenvalue weighted by molar-refractivity contribution is 0.378. The van der Waals surface area contributed by atoms with E-state index in [1.54, 1.807) is 18.2 Å². The summed E-state index contributed by atoms with van der Waals surface area (Å²) in [4.78, 5) is 8.05. The largest absolute Gasteiger partial charge is 0.370 e. The number of aliphatic imine (C=N–C) groups is 1. The molecule has 1 aliphatic heterocycles. The molecule has 0 bridgehead atoms. The molecule has 3 rings (SSSR count). The molecule has 0 aromatic heterocycles. The zero-order valence-electron chi connectivity index (χ0n) is 14.0. The summed E-state index contributed by atoms with van der Waals surface area (Å²) in [5.41, 5.74) is 6.98. The molecule has 2 N–H and O–H groups in total. The van der Waals surface area contributed by atoms with Crippen LogP contribution in [0.1, 0.15) is 5.56 Å². The van der Waals surface area contributed by atoms with E-state index in [9.17, 15) is 13.2 Å². The third-order valence-electron chi connectivity index (χ3n) is 4.14. The number of benzene rings is 2. The highest BCUT2D eigenvalue weighted by atomic mass is 127. The van der Waals surface area contributed by atoms with Crippen molar-refractivity contribution in [2.24, 2.45) is 10.7 Å². The molecule has 1 heterocycles. The topological polar surface area (TPSA) is 44.9 Å². The minimum Gasteiger partial charge on any atom is -0.370 e. The molecule has 140 valence electrons. The minimum atomic E-state index is -0.637. The van der Waals surface area contributed by atoms with Gasteiger partial charge >= 0.3 is 0 Å². The normalized spacial score (nSPS) is 15.0. The highest BCUT2D eigenvalue weighted by Crippen LogP contribution is 2.20. The molecule has 0 unspecified atom stereocenters. The summed E-state index contributed by atoms with van der Waals surface area (Å²) in [6.45, 7) is 2.54. The number of hydrogen-bond donors (Lipinski definition) is 1. The average Bonchev–Trinajstić information content (AvgIpc) is 2.59. The first-order chi connectivity index (χ1) is 12.0. The third-order valence-corrected chi connectivity index (χ3v) is 4.14. The van der Waals surface area contributed by atoms with E-state index in [0.717, 1.165) is 6.07 Å². The molecule has 4 nitrogen and oxygen atoms in total. The molecule has 2 aromatic carbocycles. The van der Waals surface area contributed by atoms with E-state index in [0.29, 0.717) is 43.4 Å². The number of nitrogens with two attached hydrogens (primary N) is 1. The standard InChI is InChI=1S/C18H19F3N4.HI/c19-14-9-13(10-15(20)11-14)12-23-18(22)25-7-5-24(6-8-25)17-4-2-1-3-16(17)21;/h1-4,9-11H,5-8,12H2,(H2,22,23);1H. The molecular weight excluding hydrogens is 456 g/mol. The Labute approximate surface area is 167 Å². The Morgan fingerprint density at radius 3 is 2.19 bits per heavy atom. The maximum Gasteiger partial charge on any atom is 0.191 e. The number of para-hydroxylation sites is 1. The van der Waals surface area contributed by atoms with Gasteiger partial charge in [-0.2, -0.15) is 0 Å². The first-order valence-corrected chi connectivity index (χ1v) is 8.02. The molecule has 0 spiro atoms. The van der Waals surface area contributed by atoms with Crippen molar-refractivity contribution < 1.29 is 13.2 Å². The molecule has 1 aliphatic rings. The van der Waals surface area contributed by atoms with Crippen molar-refractivity contribution in [1.29, 1.82) is 0 Å². The summed E-state index contributed by atoms with van der Waals surface area (Å²) in [5, 5.41) is 0. The van der Waals surface area contributed by atoms with Crippen LogP contribution in [-0.2, 0) is 6.54 Å². The Hall–Kier alpha value is -1.97. The maximum absolute atomic E-state index is 13.8. The fraction of sp³-hybridized carbons (Fsp3) is 0.278. The van der Waals surface area contributed by atoms with Gasteiger partial charge in [0, 0.05) is 32.2 Å². The van der Waals surface area contributed by atoms with Gasteiger partial charge in [-0.15, -0.1) is 24.0 Å². The molecule has 1 fully saturated rings. The predicted octanol–water partition coefficient (Wildman–Crippen LogP) is 3.36. The van der Waals surface area contributed by atoms with Gasteiger partial charge in [-0.25, -0.2) is 18.2 Å². The Morgan fingerprint density at radius 1 is 0.962 bits per heavy atom. The number of hydrogen-bond acceptors (Lipinski definition) is 2. The van der Waals surface area contributed by atoms with Gasteiger partial charge in [0.25, 0.3) is 0 Å². The summed E-state index contributed by atoms with van der Waals surface area (Å²) in [6.07, 6.45) is 0. The third kappa shape index (κ3) is 5.03. The average molecular weight is 476 g/mol. The second-order valence-electron chi connectivity index (χ2n) is 5.88. The van der Waals surface area contributed by atoms with Crippen LogP contribution in [-0.4, -0.2) is 37.0 Å². The molecule has 0 amide bonds. The minimum absolute atomic E-state index is 0. The number of anilines is 1. The smallest absolute Gasteiger partial charge is 0.191 e. The fourth-order valence-corrected chi connectivity index (χ4v) is 2.86. The van der Waals surface area contributed by atoms with Gasteiger partial charge in [0.05, 0.1) is 12.2 Å². The first-order valence-electron chi connectivity index (χ1n) is 8.02. The van der Waals surface area contributed by atoms with Crippen LogP contribution in [0.5, 0.6) is 0 Å². The van der Waals surface area contributed by atoms with Crippen LogP contribution in [0.2, 0.25) is 0 Å². The quantitative estimate of drug-likeness (QED) is 0.420. The molecule has 26 heavy (non-hydrogen) atoms. The molecular formula is C18H20F3IN4. The molecule has 0 aliphatic carbocycles. The molecule has 0 saturated carbocycles. The highest BCUT2D eigenvalue weighted by molar-refractivity contribution is 14.0. The monoisotopic (exact) mass is 476 g/mol. The van der Waals surface area contributed by atoms with Crippen LogP contribution in [0, 0.1) is 17.5 Å². The highest BCUT2D eigenvalue weighted by Gasteiger charge is 2.20. The van der Waals surface area contributed by atoms with E-state index >= 15 is 0 Å². The molecule has 1 saturated heterocycles. The number of rotatable bonds is 3. The van der Waals surface area contributed by atoms with Crippen LogP contribution >= 0.6 is 24.0 Å². The number of halogens is 4. The van der Waals surface area contributed by atoms with Gasteiger partial charge in [0.15, 0.2) is 5.96 Å². The maximum atomic E-state index is 13.8. The van der Waals surface area contributed by atoms with E-state index < -0.39 is 11.6 Å². The van der Waals surface area contributed by atoms with Crippen LogP contribution in [0.3, 0.4) is 0 Å². The van der Waals surface area contributed by atoms with Crippen molar-refractivity contribution in [1.82, 2.24) is 4.90 Å². The molecule has 0 radical (unpaired) electrons. The van der Waals surface area contributed by atoms with Gasteiger partial charge < -0.3 is 15.5 Å². The van der Waals surface area contributed by atoms with Gasteiger partial charge in [0.1, 0.15) is 17.5 Å². The van der Waals surface area contributed by atoms with Crippen molar-refractivity contribution in [3.8, 4) is 0 Å². The van der Waals surface area contributed by atoms with Gasteiger partial charge in [-0.1, -0.05) is 12.1 Å². The van der Waals surface area contributed by atoms with E-state index in [1.165, 1.54) is 18.2 Å². The summed E-state index contributed by atoms with van der Waals surface area (Å²) < 4.78 is 40.2. The van der Waals surface area contributed by atoms with E-state index in [-0.39, 0.29) is 36.3 Å². The first kappa shape index (κ1) is 20.3. The van der Waals surface area contributed by atoms with Crippen LogP contribution in [0.4, 0.5) is 18.9 Å². The van der Waals surface area contributed by atoms with E-state index in [4.69, 9.17) is 5.73 Å². The lowest BCUT2D eigenvalue weighted by Crippen LogP contribution is -2.51. The van der Waals surface area contributed by atoms with Gasteiger partial charge in [-0.05, 0) is 29.8 Å². The van der Waals surface area contributed by atoms with Crippen molar-refractivity contribution in [3.63, 3.8) is 0 Å². The molecule has 2 aromatic rings. The van der Waals surface area contributed by atoms with Crippen molar-refractivity contribution in [2.75, 3.05) is 31.1 Å². The zero-order valence-corrected chi connectivity index (χ0v) is 16.4. The zero-order chi connectivity index (χ0) is 17.8. The van der Waals surface area contributed by atoms with Crippen molar-refractivity contribution >= 4 is 35.6 Å². The lowest BCUT2D eigenvalue weighted by Gasteiger charge is -2.36.